The first-order valence-electron chi connectivity index (χ1n) is 5.72. The highest BCUT2D eigenvalue weighted by atomic mass is 14.7. The molecular weight excluding hydrogens is 184 g/mol. The predicted molar refractivity (Wildman–Crippen MR) is 63.3 cm³/mol. The molecule has 2 nitrogen and oxygen atoms in total. The Morgan fingerprint density at radius 3 is 2.60 bits per heavy atom. The van der Waals surface area contributed by atoms with Crippen molar-refractivity contribution in [3.63, 3.8) is 0 Å². The van der Waals surface area contributed by atoms with E-state index < -0.39 is 0 Å². The monoisotopic (exact) mass is 202 g/mol. The number of hydrogen-bond donors (Lipinski definition) is 2. The summed E-state index contributed by atoms with van der Waals surface area (Å²) in [4.78, 5) is 0. The van der Waals surface area contributed by atoms with Crippen LogP contribution in [0.1, 0.15) is 49.1 Å². The Morgan fingerprint density at radius 1 is 1.20 bits per heavy atom. The van der Waals surface area contributed by atoms with Crippen molar-refractivity contribution >= 4 is 5.84 Å². The van der Waals surface area contributed by atoms with Crippen LogP contribution in [0.25, 0.3) is 0 Å². The first-order chi connectivity index (χ1) is 7.27. The molecule has 0 spiro atoms. The summed E-state index contributed by atoms with van der Waals surface area (Å²) >= 11 is 0. The molecule has 0 heterocycles. The Kier molecular flexibility index (Phi) is 3.05. The van der Waals surface area contributed by atoms with E-state index in [4.69, 9.17) is 11.1 Å². The molecule has 1 fully saturated rings. The van der Waals surface area contributed by atoms with Gasteiger partial charge >= 0.3 is 0 Å². The van der Waals surface area contributed by atoms with Crippen molar-refractivity contribution in [3.8, 4) is 0 Å². The highest BCUT2D eigenvalue weighted by molar-refractivity contribution is 5.95. The smallest absolute Gasteiger partial charge is 0.122 e. The number of nitrogen functional groups attached to an aromatic ring is 1. The van der Waals surface area contributed by atoms with Crippen molar-refractivity contribution in [1.29, 1.82) is 5.41 Å². The maximum Gasteiger partial charge on any atom is 0.122 e. The maximum absolute atomic E-state index is 7.42. The van der Waals surface area contributed by atoms with E-state index in [9.17, 15) is 0 Å². The van der Waals surface area contributed by atoms with Crippen molar-refractivity contribution in [1.82, 2.24) is 0 Å². The van der Waals surface area contributed by atoms with Crippen LogP contribution in [0.4, 0.5) is 0 Å². The molecule has 1 saturated carbocycles. The lowest BCUT2D eigenvalue weighted by molar-refractivity contribution is 0.443. The third-order valence-electron chi connectivity index (χ3n) is 3.27. The number of benzene rings is 1. The molecule has 3 N–H and O–H groups in total. The van der Waals surface area contributed by atoms with Crippen LogP contribution in [-0.4, -0.2) is 5.84 Å². The fourth-order valence-electron chi connectivity index (χ4n) is 2.40. The second-order valence-corrected chi connectivity index (χ2v) is 4.37. The molecule has 1 aromatic carbocycles. The average Bonchev–Trinajstić information content (AvgIpc) is 2.30. The summed E-state index contributed by atoms with van der Waals surface area (Å²) in [6.45, 7) is 0. The van der Waals surface area contributed by atoms with E-state index in [1.54, 1.807) is 0 Å². The van der Waals surface area contributed by atoms with Crippen molar-refractivity contribution in [2.45, 2.75) is 38.0 Å². The first kappa shape index (κ1) is 10.2. The lowest BCUT2D eigenvalue weighted by Gasteiger charge is -2.22. The molecule has 1 aromatic rings. The van der Waals surface area contributed by atoms with Gasteiger partial charge in [-0.05, 0) is 30.4 Å². The Morgan fingerprint density at radius 2 is 1.93 bits per heavy atom. The lowest BCUT2D eigenvalue weighted by Crippen LogP contribution is -2.12. The van der Waals surface area contributed by atoms with Crippen LogP contribution in [0.5, 0.6) is 0 Å². The molecule has 0 aliphatic heterocycles. The standard InChI is InChI=1S/C13H18N2/c14-13(15)12-8-4-7-11(9-12)10-5-2-1-3-6-10/h4,7-10H,1-3,5-6H2,(H3,14,15). The second kappa shape index (κ2) is 4.47. The summed E-state index contributed by atoms with van der Waals surface area (Å²) in [7, 11) is 0. The number of hydrogen-bond acceptors (Lipinski definition) is 1. The summed E-state index contributed by atoms with van der Waals surface area (Å²) in [5.74, 6) is 0.866. The van der Waals surface area contributed by atoms with Crippen molar-refractivity contribution in [2.24, 2.45) is 5.73 Å². The van der Waals surface area contributed by atoms with Crippen LogP contribution in [0, 0.1) is 5.41 Å². The van der Waals surface area contributed by atoms with Crippen molar-refractivity contribution in [3.05, 3.63) is 35.4 Å². The zero-order valence-corrected chi connectivity index (χ0v) is 9.00. The third-order valence-corrected chi connectivity index (χ3v) is 3.27. The minimum absolute atomic E-state index is 0.174. The zero-order chi connectivity index (χ0) is 10.7. The normalized spacial score (nSPS) is 17.6. The molecule has 0 atom stereocenters. The van der Waals surface area contributed by atoms with E-state index in [1.807, 2.05) is 12.1 Å². The summed E-state index contributed by atoms with van der Waals surface area (Å²) < 4.78 is 0. The molecule has 0 aromatic heterocycles. The van der Waals surface area contributed by atoms with E-state index in [2.05, 4.69) is 12.1 Å². The highest BCUT2D eigenvalue weighted by Crippen LogP contribution is 2.32. The van der Waals surface area contributed by atoms with E-state index >= 15 is 0 Å². The highest BCUT2D eigenvalue weighted by Gasteiger charge is 2.15. The molecule has 1 aliphatic carbocycles. The summed E-state index contributed by atoms with van der Waals surface area (Å²) in [5, 5.41) is 7.42. The zero-order valence-electron chi connectivity index (χ0n) is 9.00. The minimum Gasteiger partial charge on any atom is -0.384 e. The van der Waals surface area contributed by atoms with E-state index in [0.29, 0.717) is 5.92 Å². The van der Waals surface area contributed by atoms with Crippen molar-refractivity contribution < 1.29 is 0 Å². The van der Waals surface area contributed by atoms with Crippen LogP contribution in [0.3, 0.4) is 0 Å². The van der Waals surface area contributed by atoms with Gasteiger partial charge in [0.1, 0.15) is 5.84 Å². The van der Waals surface area contributed by atoms with Gasteiger partial charge in [-0.1, -0.05) is 37.5 Å². The van der Waals surface area contributed by atoms with E-state index in [0.717, 1.165) is 5.56 Å². The number of rotatable bonds is 2. The molecular formula is C13H18N2. The average molecular weight is 202 g/mol. The van der Waals surface area contributed by atoms with Gasteiger partial charge in [0.2, 0.25) is 0 Å². The molecule has 15 heavy (non-hydrogen) atoms. The maximum atomic E-state index is 7.42. The van der Waals surface area contributed by atoms with Gasteiger partial charge in [0.15, 0.2) is 0 Å². The van der Waals surface area contributed by atoms with Gasteiger partial charge in [-0.15, -0.1) is 0 Å². The second-order valence-electron chi connectivity index (χ2n) is 4.37. The topological polar surface area (TPSA) is 49.9 Å². The molecule has 0 radical (unpaired) electrons. The summed E-state index contributed by atoms with van der Waals surface area (Å²) in [6, 6.07) is 8.18. The lowest BCUT2D eigenvalue weighted by atomic mass is 9.83. The van der Waals surface area contributed by atoms with Gasteiger partial charge < -0.3 is 5.73 Å². The van der Waals surface area contributed by atoms with Crippen LogP contribution in [-0.2, 0) is 0 Å². The Bertz CT molecular complexity index is 351. The molecule has 2 rings (SSSR count). The van der Waals surface area contributed by atoms with Gasteiger partial charge in [0.25, 0.3) is 0 Å². The molecule has 2 heteroatoms. The minimum atomic E-state index is 0.174. The van der Waals surface area contributed by atoms with E-state index in [-0.39, 0.29) is 5.84 Å². The molecule has 80 valence electrons. The van der Waals surface area contributed by atoms with Gasteiger partial charge in [0.05, 0.1) is 0 Å². The van der Waals surface area contributed by atoms with Gasteiger partial charge in [-0.3, -0.25) is 5.41 Å². The Balaban J connectivity index is 2.19. The number of nitrogens with one attached hydrogen (secondary N) is 1. The van der Waals surface area contributed by atoms with Gasteiger partial charge in [0, 0.05) is 5.56 Å². The first-order valence-corrected chi connectivity index (χ1v) is 5.72. The molecule has 0 unspecified atom stereocenters. The summed E-state index contributed by atoms with van der Waals surface area (Å²) in [5.41, 5.74) is 7.72. The Labute approximate surface area is 91.0 Å². The molecule has 1 aliphatic rings. The predicted octanol–water partition coefficient (Wildman–Crippen LogP) is 3.02. The van der Waals surface area contributed by atoms with Crippen LogP contribution in [0.15, 0.2) is 24.3 Å². The van der Waals surface area contributed by atoms with Crippen molar-refractivity contribution in [2.75, 3.05) is 0 Å². The largest absolute Gasteiger partial charge is 0.384 e. The van der Waals surface area contributed by atoms with Gasteiger partial charge in [-0.2, -0.15) is 0 Å². The fraction of sp³-hybridized carbons (Fsp3) is 0.462. The van der Waals surface area contributed by atoms with Crippen LogP contribution < -0.4 is 5.73 Å². The molecule has 0 bridgehead atoms. The number of nitrogens with two attached hydrogens (primary N) is 1. The van der Waals surface area contributed by atoms with Gasteiger partial charge in [-0.25, -0.2) is 0 Å². The number of amidine groups is 1. The Hall–Kier alpha value is -1.31. The fourth-order valence-corrected chi connectivity index (χ4v) is 2.40. The summed E-state index contributed by atoms with van der Waals surface area (Å²) in [6.07, 6.45) is 6.65. The van der Waals surface area contributed by atoms with Crippen LogP contribution in [0.2, 0.25) is 0 Å². The van der Waals surface area contributed by atoms with E-state index in [1.165, 1.54) is 37.7 Å². The third kappa shape index (κ3) is 2.38. The quantitative estimate of drug-likeness (QED) is 0.562. The molecule has 0 saturated heterocycles. The molecule has 0 amide bonds. The van der Waals surface area contributed by atoms with Crippen LogP contribution >= 0.6 is 0 Å². The SMILES string of the molecule is N=C(N)c1cccc(C2CCCCC2)c1.